The summed E-state index contributed by atoms with van der Waals surface area (Å²) in [6.07, 6.45) is 3.82. The summed E-state index contributed by atoms with van der Waals surface area (Å²) in [6, 6.07) is 5.97. The monoisotopic (exact) mass is 344 g/mol. The van der Waals surface area contributed by atoms with E-state index < -0.39 is 0 Å². The zero-order chi connectivity index (χ0) is 17.2. The molecule has 2 saturated heterocycles. The average Bonchev–Trinajstić information content (AvgIpc) is 3.34. The number of benzene rings is 1. The summed E-state index contributed by atoms with van der Waals surface area (Å²) < 4.78 is 18.5. The molecular weight excluding hydrogens is 323 g/mol. The van der Waals surface area contributed by atoms with Gasteiger partial charge >= 0.3 is 0 Å². The van der Waals surface area contributed by atoms with Crippen LogP contribution in [0.25, 0.3) is 11.4 Å². The van der Waals surface area contributed by atoms with Crippen molar-refractivity contribution in [3.05, 3.63) is 36.0 Å². The van der Waals surface area contributed by atoms with Crippen molar-refractivity contribution >= 4 is 5.91 Å². The minimum Gasteiger partial charge on any atom is -0.341 e. The summed E-state index contributed by atoms with van der Waals surface area (Å²) in [5.74, 6) is 0.947. The second kappa shape index (κ2) is 6.92. The lowest BCUT2D eigenvalue weighted by atomic mass is 9.97. The molecule has 7 heteroatoms. The first-order valence-corrected chi connectivity index (χ1v) is 8.82. The molecule has 132 valence electrons. The maximum atomic E-state index is 13.0. The molecule has 2 fully saturated rings. The smallest absolute Gasteiger partial charge is 0.239 e. The molecule has 2 aliphatic heterocycles. The first kappa shape index (κ1) is 16.2. The van der Waals surface area contributed by atoms with E-state index in [1.807, 2.05) is 4.90 Å². The number of amides is 1. The highest BCUT2D eigenvalue weighted by molar-refractivity contribution is 5.82. The maximum Gasteiger partial charge on any atom is 0.239 e. The Morgan fingerprint density at radius 2 is 2.08 bits per heavy atom. The predicted octanol–water partition coefficient (Wildman–Crippen LogP) is 2.33. The van der Waals surface area contributed by atoms with Gasteiger partial charge in [0.25, 0.3) is 0 Å². The predicted molar refractivity (Wildman–Crippen MR) is 89.3 cm³/mol. The molecule has 0 spiro atoms. The van der Waals surface area contributed by atoms with Gasteiger partial charge in [0, 0.05) is 18.7 Å². The van der Waals surface area contributed by atoms with Crippen LogP contribution in [0.15, 0.2) is 28.8 Å². The van der Waals surface area contributed by atoms with E-state index in [0.717, 1.165) is 44.3 Å². The Bertz CT molecular complexity index is 740. The fraction of sp³-hybridized carbons (Fsp3) is 0.500. The number of nitrogens with zero attached hydrogens (tertiary/aromatic N) is 3. The Morgan fingerprint density at radius 1 is 1.24 bits per heavy atom. The van der Waals surface area contributed by atoms with Crippen LogP contribution in [-0.4, -0.2) is 46.6 Å². The van der Waals surface area contributed by atoms with Crippen LogP contribution < -0.4 is 5.32 Å². The van der Waals surface area contributed by atoms with Gasteiger partial charge in [-0.25, -0.2) is 4.39 Å². The third kappa shape index (κ3) is 3.42. The van der Waals surface area contributed by atoms with Gasteiger partial charge in [-0.3, -0.25) is 4.79 Å². The maximum absolute atomic E-state index is 13.0. The topological polar surface area (TPSA) is 71.3 Å². The molecule has 4 rings (SSSR count). The second-order valence-corrected chi connectivity index (χ2v) is 6.74. The summed E-state index contributed by atoms with van der Waals surface area (Å²) in [4.78, 5) is 19.0. The molecule has 2 aliphatic rings. The van der Waals surface area contributed by atoms with E-state index in [-0.39, 0.29) is 23.7 Å². The number of piperidine rings is 1. The van der Waals surface area contributed by atoms with Gasteiger partial charge in [-0.05, 0) is 56.5 Å². The van der Waals surface area contributed by atoms with E-state index in [2.05, 4.69) is 15.5 Å². The highest BCUT2D eigenvalue weighted by atomic mass is 19.1. The molecule has 0 radical (unpaired) electrons. The van der Waals surface area contributed by atoms with Crippen LogP contribution in [0, 0.1) is 5.82 Å². The molecule has 1 aromatic heterocycles. The van der Waals surface area contributed by atoms with E-state index in [1.54, 1.807) is 12.1 Å². The molecular formula is C18H21FN4O2. The van der Waals surface area contributed by atoms with Crippen molar-refractivity contribution in [3.63, 3.8) is 0 Å². The van der Waals surface area contributed by atoms with Crippen LogP contribution >= 0.6 is 0 Å². The minimum atomic E-state index is -0.297. The Balaban J connectivity index is 1.46. The van der Waals surface area contributed by atoms with Crippen molar-refractivity contribution in [2.24, 2.45) is 0 Å². The van der Waals surface area contributed by atoms with E-state index in [1.165, 1.54) is 12.1 Å². The van der Waals surface area contributed by atoms with Crippen LogP contribution in [0.4, 0.5) is 4.39 Å². The molecule has 6 nitrogen and oxygen atoms in total. The standard InChI is InChI=1S/C18H21FN4O2/c19-14-7-5-12(6-8-14)16-21-17(25-22-16)13-3-2-10-23(11-13)18(24)15-4-1-9-20-15/h5-8,13,15,20H,1-4,9-11H2. The molecule has 1 N–H and O–H groups in total. The third-order valence-electron chi connectivity index (χ3n) is 4.98. The molecule has 2 aromatic rings. The summed E-state index contributed by atoms with van der Waals surface area (Å²) in [6.45, 7) is 2.31. The Morgan fingerprint density at radius 3 is 2.84 bits per heavy atom. The number of aromatic nitrogens is 2. The lowest BCUT2D eigenvalue weighted by Gasteiger charge is -2.32. The van der Waals surface area contributed by atoms with Gasteiger partial charge in [-0.1, -0.05) is 5.16 Å². The second-order valence-electron chi connectivity index (χ2n) is 6.74. The highest BCUT2D eigenvalue weighted by Gasteiger charge is 2.32. The Hall–Kier alpha value is -2.28. The fourth-order valence-electron chi connectivity index (χ4n) is 3.61. The molecule has 3 heterocycles. The summed E-state index contributed by atoms with van der Waals surface area (Å²) in [7, 11) is 0. The van der Waals surface area contributed by atoms with Gasteiger partial charge < -0.3 is 14.7 Å². The third-order valence-corrected chi connectivity index (χ3v) is 4.98. The van der Waals surface area contributed by atoms with Gasteiger partial charge in [-0.2, -0.15) is 4.98 Å². The van der Waals surface area contributed by atoms with E-state index in [4.69, 9.17) is 4.52 Å². The number of halogens is 1. The number of hydrogen-bond acceptors (Lipinski definition) is 5. The van der Waals surface area contributed by atoms with E-state index in [0.29, 0.717) is 18.3 Å². The fourth-order valence-corrected chi connectivity index (χ4v) is 3.61. The Kier molecular flexibility index (Phi) is 4.48. The van der Waals surface area contributed by atoms with Gasteiger partial charge in [0.1, 0.15) is 5.82 Å². The average molecular weight is 344 g/mol. The number of likely N-dealkylation sites (tertiary alicyclic amines) is 1. The van der Waals surface area contributed by atoms with Crippen LogP contribution in [0.3, 0.4) is 0 Å². The first-order valence-electron chi connectivity index (χ1n) is 8.82. The van der Waals surface area contributed by atoms with Crippen molar-refractivity contribution in [1.29, 1.82) is 0 Å². The van der Waals surface area contributed by atoms with Crippen molar-refractivity contribution in [2.45, 2.75) is 37.6 Å². The Labute approximate surface area is 145 Å². The molecule has 2 unspecified atom stereocenters. The van der Waals surface area contributed by atoms with E-state index in [9.17, 15) is 9.18 Å². The number of carbonyl (C=O) groups is 1. The van der Waals surface area contributed by atoms with Gasteiger partial charge in [0.15, 0.2) is 0 Å². The molecule has 0 saturated carbocycles. The van der Waals surface area contributed by atoms with Crippen molar-refractivity contribution in [3.8, 4) is 11.4 Å². The van der Waals surface area contributed by atoms with Crippen molar-refractivity contribution in [2.75, 3.05) is 19.6 Å². The first-order chi connectivity index (χ1) is 12.2. The van der Waals surface area contributed by atoms with Crippen molar-refractivity contribution in [1.82, 2.24) is 20.4 Å². The number of carbonyl (C=O) groups excluding carboxylic acids is 1. The lowest BCUT2D eigenvalue weighted by Crippen LogP contribution is -2.47. The van der Waals surface area contributed by atoms with Gasteiger partial charge in [-0.15, -0.1) is 0 Å². The molecule has 0 aliphatic carbocycles. The largest absolute Gasteiger partial charge is 0.341 e. The number of rotatable bonds is 3. The highest BCUT2D eigenvalue weighted by Crippen LogP contribution is 2.28. The molecule has 0 bridgehead atoms. The molecule has 1 aromatic carbocycles. The van der Waals surface area contributed by atoms with Crippen LogP contribution in [-0.2, 0) is 4.79 Å². The lowest BCUT2D eigenvalue weighted by molar-refractivity contribution is -0.134. The SMILES string of the molecule is O=C(C1CCCN1)N1CCCC(c2nc(-c3ccc(F)cc3)no2)C1. The summed E-state index contributed by atoms with van der Waals surface area (Å²) in [5, 5.41) is 7.28. The molecule has 1 amide bonds. The number of nitrogens with one attached hydrogen (secondary N) is 1. The normalized spacial score (nSPS) is 23.8. The van der Waals surface area contributed by atoms with Crippen LogP contribution in [0.1, 0.15) is 37.5 Å². The zero-order valence-corrected chi connectivity index (χ0v) is 13.9. The van der Waals surface area contributed by atoms with Gasteiger partial charge in [0.05, 0.1) is 12.0 Å². The molecule has 2 atom stereocenters. The van der Waals surface area contributed by atoms with Crippen LogP contribution in [0.2, 0.25) is 0 Å². The summed E-state index contributed by atoms with van der Waals surface area (Å²) >= 11 is 0. The summed E-state index contributed by atoms with van der Waals surface area (Å²) in [5.41, 5.74) is 0.718. The van der Waals surface area contributed by atoms with Gasteiger partial charge in [0.2, 0.25) is 17.6 Å². The minimum absolute atomic E-state index is 0.0452. The van der Waals surface area contributed by atoms with E-state index >= 15 is 0 Å². The zero-order valence-electron chi connectivity index (χ0n) is 13.9. The van der Waals surface area contributed by atoms with Crippen LogP contribution in [0.5, 0.6) is 0 Å². The van der Waals surface area contributed by atoms with Crippen molar-refractivity contribution < 1.29 is 13.7 Å². The molecule has 25 heavy (non-hydrogen) atoms. The quantitative estimate of drug-likeness (QED) is 0.925. The number of hydrogen-bond donors (Lipinski definition) is 1.